The third-order valence-electron chi connectivity index (χ3n) is 14.2. The van der Waals surface area contributed by atoms with E-state index in [0.29, 0.717) is 81.9 Å². The fourth-order valence-corrected chi connectivity index (χ4v) is 12.6. The standard InChI is InChI=1S/C45H55ClF2N5O3P.C8H13N.C8H16O2.C2H6/c1-11-13-14-32(12-2)53(24-27(3)4)43-36-29(6)39(46)37-40-38(45(7,47)57(48)42(37)41(36)50-44(51-43)56-10)28(5)23-35(49-40)52(25-30-15-19-33(54-8)20-16-30)26-31-17-21-34(55-9)22-18-31;1-7-5-8-3-2-4-9(8)6-7;1-5-6-7(9)10-8(2,3)4;1-2/h15-23,27,32H,11-14,24-26H2,1-10H3;8H,1-6H2;5-6H2,1-4H3;1-2H3/t32-,45?,57?;;;/m0.../s1. The molecule has 0 spiro atoms. The first-order chi connectivity index (χ1) is 37.1. The van der Waals surface area contributed by atoms with Crippen LogP contribution in [-0.2, 0) is 28.0 Å². The largest absolute Gasteiger partial charge is 0.497 e. The number of methoxy groups -OCH3 is 3. The normalized spacial score (nSPS) is 17.8. The molecular formula is C63H90ClF2N6O5P. The van der Waals surface area contributed by atoms with Gasteiger partial charge in [0.25, 0.3) is 0 Å². The van der Waals surface area contributed by atoms with E-state index in [0.717, 1.165) is 60.8 Å². The summed E-state index contributed by atoms with van der Waals surface area (Å²) in [5.74, 6) is 2.94. The number of rotatable bonds is 18. The van der Waals surface area contributed by atoms with E-state index in [1.54, 1.807) is 14.2 Å². The van der Waals surface area contributed by atoms with Crippen molar-refractivity contribution in [2.75, 3.05) is 50.8 Å². The van der Waals surface area contributed by atoms with Gasteiger partial charge in [-0.05, 0) is 145 Å². The maximum absolute atomic E-state index is 17.5. The molecule has 4 atom stereocenters. The van der Waals surface area contributed by atoms with Crippen molar-refractivity contribution in [2.24, 2.45) is 5.92 Å². The lowest BCUT2D eigenvalue weighted by Gasteiger charge is -2.38. The highest BCUT2D eigenvalue weighted by Gasteiger charge is 2.50. The second kappa shape index (κ2) is 28.9. The molecule has 5 aromatic rings. The zero-order valence-electron chi connectivity index (χ0n) is 49.8. The van der Waals surface area contributed by atoms with E-state index in [9.17, 15) is 4.79 Å². The first-order valence-electron chi connectivity index (χ1n) is 28.2. The second-order valence-electron chi connectivity index (χ2n) is 22.0. The van der Waals surface area contributed by atoms with Crippen molar-refractivity contribution in [1.29, 1.82) is 0 Å². The lowest BCUT2D eigenvalue weighted by molar-refractivity contribution is -0.154. The Labute approximate surface area is 472 Å². The molecule has 0 aliphatic carbocycles. The van der Waals surface area contributed by atoms with Crippen LogP contribution in [-0.4, -0.2) is 84.5 Å². The van der Waals surface area contributed by atoms with Crippen LogP contribution in [0.25, 0.3) is 22.2 Å². The maximum atomic E-state index is 17.5. The van der Waals surface area contributed by atoms with E-state index >= 15 is 8.59 Å². The van der Waals surface area contributed by atoms with Gasteiger partial charge in [0.1, 0.15) is 28.7 Å². The van der Waals surface area contributed by atoms with Gasteiger partial charge in [-0.25, -0.2) is 13.6 Å². The zero-order valence-corrected chi connectivity index (χ0v) is 51.5. The van der Waals surface area contributed by atoms with E-state index in [4.69, 9.17) is 45.5 Å². The number of fused-ring (bicyclic) bond motifs is 6. The molecule has 3 aliphatic rings. The number of hydrogen-bond acceptors (Lipinski definition) is 11. The SMILES string of the molecule is C=C1CC2CCCN2C1.CC.CCCC(=O)OC(C)(C)C.CCCC[C@H](CC)N(CC(C)C)c1nc(OC)nc2c3c(c(Cl)c(C)c12)-c1nc(N(Cc2ccc(OC)cc2)Cc2ccc(OC)cc2)cc(C)c1C(C)(F)P3F. The van der Waals surface area contributed by atoms with Crippen LogP contribution in [0.4, 0.5) is 20.2 Å². The highest BCUT2D eigenvalue weighted by molar-refractivity contribution is 7.62. The van der Waals surface area contributed by atoms with Gasteiger partial charge < -0.3 is 28.7 Å². The Hall–Kier alpha value is -5.10. The summed E-state index contributed by atoms with van der Waals surface area (Å²) in [7, 11) is 1.80. The highest BCUT2D eigenvalue weighted by atomic mass is 35.5. The van der Waals surface area contributed by atoms with Gasteiger partial charge in [0.05, 0.1) is 37.6 Å². The van der Waals surface area contributed by atoms with E-state index in [1.807, 2.05) is 110 Å². The Morgan fingerprint density at radius 2 is 1.54 bits per heavy atom. The molecule has 0 amide bonds. The summed E-state index contributed by atoms with van der Waals surface area (Å²) in [5.41, 5.74) is 5.65. The average Bonchev–Trinajstić information content (AvgIpc) is 4.11. The molecule has 15 heteroatoms. The number of ether oxygens (including phenoxy) is 4. The van der Waals surface area contributed by atoms with E-state index in [1.165, 1.54) is 52.0 Å². The number of unbranched alkanes of at least 4 members (excludes halogenated alkanes) is 1. The Bertz CT molecular complexity index is 2710. The molecule has 428 valence electrons. The number of nitrogens with zero attached hydrogens (tertiary/aromatic N) is 6. The second-order valence-corrected chi connectivity index (χ2v) is 24.3. The number of esters is 1. The van der Waals surface area contributed by atoms with Gasteiger partial charge in [0.2, 0.25) is 0 Å². The average molecular weight is 1120 g/mol. The third-order valence-corrected chi connectivity index (χ3v) is 16.5. The highest BCUT2D eigenvalue weighted by Crippen LogP contribution is 2.66. The summed E-state index contributed by atoms with van der Waals surface area (Å²) in [6.07, 6.45) is 9.45. The van der Waals surface area contributed by atoms with Crippen LogP contribution < -0.4 is 29.3 Å². The predicted octanol–water partition coefficient (Wildman–Crippen LogP) is 16.3. The minimum Gasteiger partial charge on any atom is -0.497 e. The van der Waals surface area contributed by atoms with Crippen molar-refractivity contribution in [1.82, 2.24) is 19.9 Å². The van der Waals surface area contributed by atoms with Gasteiger partial charge >= 0.3 is 12.0 Å². The van der Waals surface area contributed by atoms with Crippen LogP contribution in [0.2, 0.25) is 5.02 Å². The number of carbonyl (C=O) groups excluding carboxylic acids is 1. The molecular weight excluding hydrogens is 1030 g/mol. The molecule has 8 rings (SSSR count). The molecule has 78 heavy (non-hydrogen) atoms. The molecule has 3 unspecified atom stereocenters. The molecule has 2 aromatic heterocycles. The number of alkyl halides is 1. The lowest BCUT2D eigenvalue weighted by Crippen LogP contribution is -2.39. The topological polar surface area (TPSA) is 102 Å². The van der Waals surface area contributed by atoms with Crippen LogP contribution in [0, 0.1) is 19.8 Å². The van der Waals surface area contributed by atoms with Crippen molar-refractivity contribution >= 4 is 53.6 Å². The molecule has 0 N–H and O–H groups in total. The monoisotopic (exact) mass is 1110 g/mol. The minimum absolute atomic E-state index is 0.0957. The van der Waals surface area contributed by atoms with Gasteiger partial charge in [-0.1, -0.05) is 109 Å². The first-order valence-corrected chi connectivity index (χ1v) is 29.8. The summed E-state index contributed by atoms with van der Waals surface area (Å²) in [6, 6.07) is 18.8. The number of hydrogen-bond donors (Lipinski definition) is 0. The number of pyridine rings is 1. The third kappa shape index (κ3) is 15.6. The van der Waals surface area contributed by atoms with Crippen LogP contribution in [0.1, 0.15) is 162 Å². The van der Waals surface area contributed by atoms with Crippen molar-refractivity contribution in [3.05, 3.63) is 99.6 Å². The maximum Gasteiger partial charge on any atom is 0.318 e. The van der Waals surface area contributed by atoms with Crippen molar-refractivity contribution in [2.45, 2.75) is 184 Å². The van der Waals surface area contributed by atoms with Crippen molar-refractivity contribution < 1.29 is 32.3 Å². The number of halogens is 3. The molecule has 0 saturated carbocycles. The number of carbonyl (C=O) groups is 1. The summed E-state index contributed by atoms with van der Waals surface area (Å²) in [5, 5.41) is -1.32. The van der Waals surface area contributed by atoms with Crippen LogP contribution in [0.5, 0.6) is 17.5 Å². The first kappa shape index (κ1) is 63.7. The van der Waals surface area contributed by atoms with Gasteiger partial charge in [0, 0.05) is 66.5 Å². The Balaban J connectivity index is 0.000000443. The number of anilines is 2. The van der Waals surface area contributed by atoms with Gasteiger partial charge in [0.15, 0.2) is 13.6 Å². The molecule has 3 aliphatic heterocycles. The fraction of sp³-hybridized carbons (Fsp3) is 0.556. The molecule has 2 fully saturated rings. The van der Waals surface area contributed by atoms with Gasteiger partial charge in [-0.15, -0.1) is 0 Å². The minimum atomic E-state index is -2.98. The van der Waals surface area contributed by atoms with E-state index in [2.05, 4.69) is 49.0 Å². The molecule has 2 saturated heterocycles. The van der Waals surface area contributed by atoms with E-state index in [-0.39, 0.29) is 34.5 Å². The van der Waals surface area contributed by atoms with Gasteiger partial charge in [-0.3, -0.25) is 9.69 Å². The van der Waals surface area contributed by atoms with E-state index < -0.39 is 13.6 Å². The smallest absolute Gasteiger partial charge is 0.318 e. The molecule has 0 bridgehead atoms. The van der Waals surface area contributed by atoms with Crippen LogP contribution in [0.3, 0.4) is 0 Å². The zero-order chi connectivity index (χ0) is 57.6. The summed E-state index contributed by atoms with van der Waals surface area (Å²) in [6.45, 7) is 33.6. The molecule has 11 nitrogen and oxygen atoms in total. The molecule has 0 radical (unpaired) electrons. The quantitative estimate of drug-likeness (QED) is 0.0476. The lowest BCUT2D eigenvalue weighted by atomic mass is 9.94. The summed E-state index contributed by atoms with van der Waals surface area (Å²) >= 11 is 7.47. The Morgan fingerprint density at radius 3 is 2.04 bits per heavy atom. The Morgan fingerprint density at radius 1 is 0.936 bits per heavy atom. The summed E-state index contributed by atoms with van der Waals surface area (Å²) < 4.78 is 56.5. The van der Waals surface area contributed by atoms with Crippen molar-refractivity contribution in [3.63, 3.8) is 0 Å². The predicted molar refractivity (Wildman–Crippen MR) is 322 cm³/mol. The van der Waals surface area contributed by atoms with Crippen LogP contribution >= 0.6 is 19.8 Å². The van der Waals surface area contributed by atoms with Gasteiger partial charge in [-0.2, -0.15) is 9.97 Å². The number of aryl methyl sites for hydroxylation is 2. The summed E-state index contributed by atoms with van der Waals surface area (Å²) in [4.78, 5) is 32.8. The van der Waals surface area contributed by atoms with Crippen molar-refractivity contribution in [3.8, 4) is 28.8 Å². The molecule has 5 heterocycles. The number of benzene rings is 3. The molecule has 3 aromatic carbocycles. The van der Waals surface area contributed by atoms with Crippen LogP contribution in [0.15, 0.2) is 66.7 Å². The number of aromatic nitrogens is 3. The Kier molecular flexibility index (Phi) is 23.6. The fourth-order valence-electron chi connectivity index (χ4n) is 10.6.